The number of carbonyl (C=O) groups excluding carboxylic acids is 1. The number of likely N-dealkylation sites (N-methyl/N-ethyl adjacent to an activating group) is 1. The van der Waals surface area contributed by atoms with Crippen LogP contribution in [0, 0.1) is 0 Å². The minimum absolute atomic E-state index is 0.0254. The fourth-order valence-corrected chi connectivity index (χ4v) is 2.88. The maximum absolute atomic E-state index is 11.4. The standard InChI is InChI=1S/C14H20N2O4.C6H4O/c1-3-15-14(8(2)17)20-11-6-5-10(18)13-9(11)4-7-12(19)16-13;1-2-5-4-6(3-1)7-5/h5-6,8,14-15,17-18H,3-4,7H2,1-2H3,(H,16,19);1-4H. The second-order valence-corrected chi connectivity index (χ2v) is 6.40. The molecule has 144 valence electrons. The van der Waals surface area contributed by atoms with Gasteiger partial charge in [-0.15, -0.1) is 0 Å². The van der Waals surface area contributed by atoms with Crippen molar-refractivity contribution < 1.29 is 24.5 Å². The molecular formula is C20H24N2O5. The summed E-state index contributed by atoms with van der Waals surface area (Å²) in [7, 11) is 0. The van der Waals surface area contributed by atoms with Crippen LogP contribution >= 0.6 is 0 Å². The van der Waals surface area contributed by atoms with E-state index in [0.29, 0.717) is 30.8 Å². The molecule has 0 saturated carbocycles. The molecule has 2 unspecified atom stereocenters. The molecule has 5 rings (SSSR count). The molecule has 0 spiro atoms. The van der Waals surface area contributed by atoms with Crippen LogP contribution in [0.25, 0.3) is 0 Å². The molecule has 0 radical (unpaired) electrons. The lowest BCUT2D eigenvalue weighted by molar-refractivity contribution is -0.116. The van der Waals surface area contributed by atoms with Crippen LogP contribution in [0.2, 0.25) is 0 Å². The van der Waals surface area contributed by atoms with Crippen molar-refractivity contribution in [2.45, 2.75) is 39.0 Å². The predicted molar refractivity (Wildman–Crippen MR) is 101 cm³/mol. The Balaban J connectivity index is 0.000000246. The number of aromatic hydroxyl groups is 1. The van der Waals surface area contributed by atoms with Crippen LogP contribution in [-0.2, 0) is 11.2 Å². The third-order valence-electron chi connectivity index (χ3n) is 4.25. The van der Waals surface area contributed by atoms with Crippen molar-refractivity contribution in [1.82, 2.24) is 5.32 Å². The molecule has 7 heteroatoms. The van der Waals surface area contributed by atoms with Gasteiger partial charge in [0.1, 0.15) is 29.1 Å². The number of phenolic OH excluding ortho intramolecular Hbond substituents is 1. The van der Waals surface area contributed by atoms with E-state index in [4.69, 9.17) is 9.47 Å². The normalized spacial score (nSPS) is 15.7. The summed E-state index contributed by atoms with van der Waals surface area (Å²) >= 11 is 0. The summed E-state index contributed by atoms with van der Waals surface area (Å²) in [5, 5.41) is 25.2. The highest BCUT2D eigenvalue weighted by atomic mass is 16.5. The predicted octanol–water partition coefficient (Wildman–Crippen LogP) is 2.76. The zero-order valence-electron chi connectivity index (χ0n) is 15.4. The first kappa shape index (κ1) is 19.0. The van der Waals surface area contributed by atoms with Gasteiger partial charge in [-0.3, -0.25) is 10.1 Å². The zero-order valence-corrected chi connectivity index (χ0v) is 15.4. The SMILES string of the molecule is CCNC(Oc1ccc(O)c2c1CCC(=O)N2)C(C)O.c1cc2cc(c1)O2. The Kier molecular flexibility index (Phi) is 5.83. The lowest BCUT2D eigenvalue weighted by Crippen LogP contribution is -2.43. The van der Waals surface area contributed by atoms with Gasteiger partial charge in [-0.25, -0.2) is 0 Å². The van der Waals surface area contributed by atoms with Crippen molar-refractivity contribution in [2.75, 3.05) is 11.9 Å². The van der Waals surface area contributed by atoms with Gasteiger partial charge in [-0.1, -0.05) is 13.0 Å². The summed E-state index contributed by atoms with van der Waals surface area (Å²) < 4.78 is 10.8. The minimum Gasteiger partial charge on any atom is -0.506 e. The zero-order chi connectivity index (χ0) is 19.4. The van der Waals surface area contributed by atoms with Crippen molar-refractivity contribution in [1.29, 1.82) is 0 Å². The van der Waals surface area contributed by atoms with Crippen LogP contribution in [0.4, 0.5) is 5.69 Å². The average Bonchev–Trinajstić information content (AvgIpc) is 2.64. The second-order valence-electron chi connectivity index (χ2n) is 6.40. The van der Waals surface area contributed by atoms with E-state index in [0.717, 1.165) is 17.1 Å². The molecule has 0 fully saturated rings. The number of hydrogen-bond donors (Lipinski definition) is 4. The topological polar surface area (TPSA) is 100 Å². The lowest BCUT2D eigenvalue weighted by atomic mass is 10.0. The molecule has 2 aromatic carbocycles. The first-order valence-corrected chi connectivity index (χ1v) is 8.98. The number of rotatable bonds is 5. The number of benzene rings is 2. The highest BCUT2D eigenvalue weighted by Gasteiger charge is 2.24. The van der Waals surface area contributed by atoms with Crippen LogP contribution in [0.5, 0.6) is 23.0 Å². The van der Waals surface area contributed by atoms with E-state index in [1.54, 1.807) is 13.0 Å². The third kappa shape index (κ3) is 4.50. The Morgan fingerprint density at radius 2 is 1.96 bits per heavy atom. The largest absolute Gasteiger partial charge is 0.506 e. The van der Waals surface area contributed by atoms with E-state index in [9.17, 15) is 15.0 Å². The maximum Gasteiger partial charge on any atom is 0.224 e. The van der Waals surface area contributed by atoms with Gasteiger partial charge in [0, 0.05) is 18.1 Å². The van der Waals surface area contributed by atoms with Gasteiger partial charge in [0.05, 0.1) is 5.69 Å². The van der Waals surface area contributed by atoms with E-state index >= 15 is 0 Å². The van der Waals surface area contributed by atoms with Crippen molar-refractivity contribution in [3.05, 3.63) is 42.0 Å². The van der Waals surface area contributed by atoms with Crippen molar-refractivity contribution in [3.63, 3.8) is 0 Å². The number of fused-ring (bicyclic) bond motifs is 3. The Morgan fingerprint density at radius 3 is 2.48 bits per heavy atom. The first-order valence-electron chi connectivity index (χ1n) is 8.98. The molecule has 7 nitrogen and oxygen atoms in total. The lowest BCUT2D eigenvalue weighted by Gasteiger charge is -2.26. The Hall–Kier alpha value is -2.77. The van der Waals surface area contributed by atoms with Crippen LogP contribution in [0.1, 0.15) is 25.8 Å². The maximum atomic E-state index is 11.4. The summed E-state index contributed by atoms with van der Waals surface area (Å²) in [6, 6.07) is 11.0. The molecular weight excluding hydrogens is 348 g/mol. The minimum atomic E-state index is -0.683. The Morgan fingerprint density at radius 1 is 1.26 bits per heavy atom. The van der Waals surface area contributed by atoms with Gasteiger partial charge in [-0.05, 0) is 44.2 Å². The van der Waals surface area contributed by atoms with Crippen LogP contribution < -0.4 is 20.1 Å². The van der Waals surface area contributed by atoms with Crippen molar-refractivity contribution in [2.24, 2.45) is 0 Å². The monoisotopic (exact) mass is 372 g/mol. The molecule has 2 aromatic rings. The molecule has 2 atom stereocenters. The molecule has 0 aromatic heterocycles. The smallest absolute Gasteiger partial charge is 0.224 e. The number of hydrogen-bond acceptors (Lipinski definition) is 6. The molecule has 4 N–H and O–H groups in total. The quantitative estimate of drug-likeness (QED) is 0.406. The van der Waals surface area contributed by atoms with E-state index in [1.165, 1.54) is 6.07 Å². The van der Waals surface area contributed by atoms with Crippen molar-refractivity contribution >= 4 is 11.6 Å². The number of aliphatic hydroxyl groups is 1. The molecule has 0 aliphatic carbocycles. The molecule has 1 amide bonds. The van der Waals surface area contributed by atoms with Crippen LogP contribution in [-0.4, -0.2) is 35.0 Å². The molecule has 27 heavy (non-hydrogen) atoms. The Bertz CT molecular complexity index is 797. The summed E-state index contributed by atoms with van der Waals surface area (Å²) in [6.07, 6.45) is -0.361. The molecule has 0 saturated heterocycles. The van der Waals surface area contributed by atoms with Gasteiger partial charge < -0.3 is 25.0 Å². The van der Waals surface area contributed by atoms with Gasteiger partial charge in [0.15, 0.2) is 6.23 Å². The fourth-order valence-electron chi connectivity index (χ4n) is 2.88. The van der Waals surface area contributed by atoms with E-state index in [1.807, 2.05) is 31.2 Å². The summed E-state index contributed by atoms with van der Waals surface area (Å²) in [5.41, 5.74) is 1.16. The third-order valence-corrected chi connectivity index (χ3v) is 4.25. The summed E-state index contributed by atoms with van der Waals surface area (Å²) in [6.45, 7) is 4.22. The highest BCUT2D eigenvalue weighted by molar-refractivity contribution is 5.96. The van der Waals surface area contributed by atoms with Crippen molar-refractivity contribution in [3.8, 4) is 23.0 Å². The highest BCUT2D eigenvalue weighted by Crippen LogP contribution is 2.38. The molecule has 3 aliphatic heterocycles. The summed E-state index contributed by atoms with van der Waals surface area (Å²) in [5.74, 6) is 2.43. The van der Waals surface area contributed by atoms with E-state index in [2.05, 4.69) is 10.6 Å². The fraction of sp³-hybridized carbons (Fsp3) is 0.350. The average molecular weight is 372 g/mol. The Labute approximate surface area is 157 Å². The number of ether oxygens (including phenoxy) is 2. The second kappa shape index (κ2) is 8.28. The number of amides is 1. The number of anilines is 1. The van der Waals surface area contributed by atoms with Crippen LogP contribution in [0.3, 0.4) is 0 Å². The number of aliphatic hydroxyl groups excluding tert-OH is 1. The number of phenols is 1. The number of carbonyl (C=O) groups is 1. The first-order chi connectivity index (χ1) is 13.0. The van der Waals surface area contributed by atoms with Crippen LogP contribution in [0.15, 0.2) is 36.4 Å². The van der Waals surface area contributed by atoms with Gasteiger partial charge in [-0.2, -0.15) is 0 Å². The van der Waals surface area contributed by atoms with E-state index < -0.39 is 12.3 Å². The molecule has 3 heterocycles. The van der Waals surface area contributed by atoms with Gasteiger partial charge in [0.2, 0.25) is 5.91 Å². The molecule has 3 aliphatic rings. The number of nitrogens with one attached hydrogen (secondary N) is 2. The molecule has 2 bridgehead atoms. The van der Waals surface area contributed by atoms with Gasteiger partial charge >= 0.3 is 0 Å². The van der Waals surface area contributed by atoms with E-state index in [-0.39, 0.29) is 11.7 Å². The summed E-state index contributed by atoms with van der Waals surface area (Å²) in [4.78, 5) is 11.4. The van der Waals surface area contributed by atoms with Gasteiger partial charge in [0.25, 0.3) is 0 Å².